The van der Waals surface area contributed by atoms with E-state index < -0.39 is 0 Å². The number of fused-ring (bicyclic) bond motifs is 10. The minimum Gasteiger partial charge on any atom is -0.309 e. The van der Waals surface area contributed by atoms with Crippen molar-refractivity contribution >= 4 is 75.1 Å². The highest BCUT2D eigenvalue weighted by molar-refractivity contribution is 7.26. The van der Waals surface area contributed by atoms with E-state index in [1.54, 1.807) is 0 Å². The number of hydrogen-bond acceptors (Lipinski definition) is 2. The number of thiophene rings is 1. The Hall–Kier alpha value is -6.15. The van der Waals surface area contributed by atoms with Crippen LogP contribution in [0.15, 0.2) is 152 Å². The van der Waals surface area contributed by atoms with Gasteiger partial charge in [-0.2, -0.15) is 5.26 Å². The topological polar surface area (TPSA) is 33.6 Å². The quantitative estimate of drug-likeness (QED) is 0.195. The van der Waals surface area contributed by atoms with Gasteiger partial charge in [0.2, 0.25) is 0 Å². The molecule has 0 N–H and O–H groups in total. The van der Waals surface area contributed by atoms with E-state index in [2.05, 4.69) is 155 Å². The van der Waals surface area contributed by atoms with E-state index in [1.807, 2.05) is 23.5 Å². The van der Waals surface area contributed by atoms with Crippen molar-refractivity contribution in [3.05, 3.63) is 157 Å². The van der Waals surface area contributed by atoms with E-state index >= 15 is 0 Å². The van der Waals surface area contributed by atoms with Gasteiger partial charge in [-0.05, 0) is 66.2 Å². The number of hydrogen-bond donors (Lipinski definition) is 0. The molecule has 0 amide bonds. The molecule has 0 aliphatic carbocycles. The Morgan fingerprint density at radius 2 is 1.15 bits per heavy atom. The third-order valence-electron chi connectivity index (χ3n) is 9.55. The van der Waals surface area contributed by atoms with Gasteiger partial charge in [0.1, 0.15) is 0 Å². The monoisotopic (exact) mass is 615 g/mol. The van der Waals surface area contributed by atoms with Crippen molar-refractivity contribution in [3.8, 4) is 28.6 Å². The van der Waals surface area contributed by atoms with Gasteiger partial charge >= 0.3 is 0 Å². The second-order valence-electron chi connectivity index (χ2n) is 12.1. The van der Waals surface area contributed by atoms with Crippen molar-refractivity contribution in [2.75, 3.05) is 0 Å². The molecule has 3 heterocycles. The van der Waals surface area contributed by atoms with Gasteiger partial charge in [-0.1, -0.05) is 91.0 Å². The average Bonchev–Trinajstić information content (AvgIpc) is 3.79. The molecule has 10 aromatic rings. The molecule has 4 heteroatoms. The van der Waals surface area contributed by atoms with Crippen LogP contribution in [0.3, 0.4) is 0 Å². The van der Waals surface area contributed by atoms with E-state index in [4.69, 9.17) is 0 Å². The smallest absolute Gasteiger partial charge is 0.0992 e. The Morgan fingerprint density at radius 1 is 0.489 bits per heavy atom. The van der Waals surface area contributed by atoms with Crippen molar-refractivity contribution in [2.24, 2.45) is 0 Å². The second kappa shape index (κ2) is 9.92. The average molecular weight is 616 g/mol. The normalized spacial score (nSPS) is 11.8. The highest BCUT2D eigenvalue weighted by atomic mass is 32.1. The van der Waals surface area contributed by atoms with Crippen molar-refractivity contribution in [3.63, 3.8) is 0 Å². The van der Waals surface area contributed by atoms with Crippen LogP contribution in [0.2, 0.25) is 0 Å². The maximum atomic E-state index is 10.0. The summed E-state index contributed by atoms with van der Waals surface area (Å²) >= 11 is 1.87. The molecule has 10 rings (SSSR count). The van der Waals surface area contributed by atoms with Crippen LogP contribution < -0.4 is 0 Å². The number of aromatic nitrogens is 2. The van der Waals surface area contributed by atoms with Gasteiger partial charge in [0.05, 0.1) is 39.4 Å². The largest absolute Gasteiger partial charge is 0.309 e. The summed E-state index contributed by atoms with van der Waals surface area (Å²) in [5.41, 5.74) is 9.60. The highest BCUT2D eigenvalue weighted by Gasteiger charge is 2.20. The molecule has 3 aromatic heterocycles. The lowest BCUT2D eigenvalue weighted by Gasteiger charge is -2.15. The fraction of sp³-hybridized carbons (Fsp3) is 0. The SMILES string of the molecule is N#Cc1ccc(-c2ccc3c(c2)c2c4sc5ccccc5c4ccc2n3-c2ccccc2)c(-n2c3ccccc3c3ccccc32)c1. The number of para-hydroxylation sites is 3. The zero-order valence-corrected chi connectivity index (χ0v) is 26.0. The minimum atomic E-state index is 0.638. The molecular formula is C43H25N3S. The van der Waals surface area contributed by atoms with Crippen LogP contribution >= 0.6 is 11.3 Å². The Balaban J connectivity index is 1.32. The zero-order valence-electron chi connectivity index (χ0n) is 25.2. The Kier molecular flexibility index (Phi) is 5.51. The van der Waals surface area contributed by atoms with Gasteiger partial charge in [0.25, 0.3) is 0 Å². The highest BCUT2D eigenvalue weighted by Crippen LogP contribution is 2.45. The van der Waals surface area contributed by atoms with Crippen LogP contribution in [0, 0.1) is 11.3 Å². The standard InChI is InChI=1S/C43H25N3S/c44-26-27-18-20-30(40(24-27)46-36-15-7-4-12-31(36)32-13-5-8-16-37(32)46)28-19-22-38-35(25-28)42-39(45(38)29-10-2-1-3-11-29)23-21-34-33-14-6-9-17-41(33)47-43(34)42/h1-25H. The molecule has 0 aliphatic heterocycles. The Morgan fingerprint density at radius 3 is 1.91 bits per heavy atom. The molecule has 0 saturated carbocycles. The first-order valence-electron chi connectivity index (χ1n) is 15.8. The van der Waals surface area contributed by atoms with Crippen LogP contribution in [0.25, 0.3) is 86.3 Å². The number of rotatable bonds is 3. The fourth-order valence-corrected chi connectivity index (χ4v) is 8.78. The van der Waals surface area contributed by atoms with Gasteiger partial charge in [-0.3, -0.25) is 0 Å². The van der Waals surface area contributed by atoms with Gasteiger partial charge < -0.3 is 9.13 Å². The summed E-state index contributed by atoms with van der Waals surface area (Å²) in [6, 6.07) is 56.4. The van der Waals surface area contributed by atoms with Crippen molar-refractivity contribution < 1.29 is 0 Å². The van der Waals surface area contributed by atoms with E-state index in [1.165, 1.54) is 52.8 Å². The molecule has 218 valence electrons. The van der Waals surface area contributed by atoms with Crippen molar-refractivity contribution in [2.45, 2.75) is 0 Å². The maximum absolute atomic E-state index is 10.0. The first-order valence-corrected chi connectivity index (χ1v) is 16.6. The summed E-state index contributed by atoms with van der Waals surface area (Å²) in [6.07, 6.45) is 0. The lowest BCUT2D eigenvalue weighted by molar-refractivity contribution is 1.18. The predicted octanol–water partition coefficient (Wildman–Crippen LogP) is 11.8. The lowest BCUT2D eigenvalue weighted by Crippen LogP contribution is -1.98. The molecule has 0 radical (unpaired) electrons. The van der Waals surface area contributed by atoms with E-state index in [-0.39, 0.29) is 0 Å². The van der Waals surface area contributed by atoms with E-state index in [0.29, 0.717) is 5.56 Å². The van der Waals surface area contributed by atoms with E-state index in [9.17, 15) is 5.26 Å². The Bertz CT molecular complexity index is 2860. The van der Waals surface area contributed by atoms with Gasteiger partial charge in [-0.15, -0.1) is 11.3 Å². The second-order valence-corrected chi connectivity index (χ2v) is 13.1. The van der Waals surface area contributed by atoms with Gasteiger partial charge in [-0.25, -0.2) is 0 Å². The molecule has 0 aliphatic rings. The van der Waals surface area contributed by atoms with Crippen LogP contribution in [-0.2, 0) is 0 Å². The van der Waals surface area contributed by atoms with Crippen molar-refractivity contribution in [1.29, 1.82) is 5.26 Å². The summed E-state index contributed by atoms with van der Waals surface area (Å²) in [6.45, 7) is 0. The summed E-state index contributed by atoms with van der Waals surface area (Å²) in [5, 5.41) is 17.5. The molecule has 0 unspecified atom stereocenters. The first-order chi connectivity index (χ1) is 23.3. The molecular weight excluding hydrogens is 591 g/mol. The summed E-state index contributed by atoms with van der Waals surface area (Å²) < 4.78 is 7.32. The number of nitriles is 1. The summed E-state index contributed by atoms with van der Waals surface area (Å²) in [4.78, 5) is 0. The van der Waals surface area contributed by atoms with Crippen LogP contribution in [0.4, 0.5) is 0 Å². The van der Waals surface area contributed by atoms with Crippen LogP contribution in [0.1, 0.15) is 5.56 Å². The van der Waals surface area contributed by atoms with Gasteiger partial charge in [0, 0.05) is 53.0 Å². The van der Waals surface area contributed by atoms with Gasteiger partial charge in [0.15, 0.2) is 0 Å². The Labute approximate surface area is 274 Å². The summed E-state index contributed by atoms with van der Waals surface area (Å²) in [5.74, 6) is 0. The number of benzene rings is 7. The molecule has 0 atom stereocenters. The molecule has 0 bridgehead atoms. The lowest BCUT2D eigenvalue weighted by atomic mass is 9.99. The van der Waals surface area contributed by atoms with Crippen LogP contribution in [0.5, 0.6) is 0 Å². The van der Waals surface area contributed by atoms with Crippen molar-refractivity contribution in [1.82, 2.24) is 9.13 Å². The maximum Gasteiger partial charge on any atom is 0.0992 e. The number of nitrogens with zero attached hydrogens (tertiary/aromatic N) is 3. The minimum absolute atomic E-state index is 0.638. The molecule has 47 heavy (non-hydrogen) atoms. The molecule has 0 spiro atoms. The van der Waals surface area contributed by atoms with Crippen LogP contribution in [-0.4, -0.2) is 9.13 Å². The zero-order chi connectivity index (χ0) is 31.1. The van der Waals surface area contributed by atoms with E-state index in [0.717, 1.165) is 33.5 Å². The third kappa shape index (κ3) is 3.72. The molecule has 3 nitrogen and oxygen atoms in total. The fourth-order valence-electron chi connectivity index (χ4n) is 7.52. The molecule has 7 aromatic carbocycles. The summed E-state index contributed by atoms with van der Waals surface area (Å²) in [7, 11) is 0. The first kappa shape index (κ1) is 26.1. The third-order valence-corrected chi connectivity index (χ3v) is 10.7. The predicted molar refractivity (Wildman–Crippen MR) is 198 cm³/mol. The molecule has 0 saturated heterocycles. The molecule has 0 fully saturated rings.